The Morgan fingerprint density at radius 2 is 2.00 bits per heavy atom. The van der Waals surface area contributed by atoms with Crippen LogP contribution < -0.4 is 5.73 Å². The van der Waals surface area contributed by atoms with E-state index in [2.05, 4.69) is 0 Å². The van der Waals surface area contributed by atoms with Crippen molar-refractivity contribution >= 4 is 0 Å². The fraction of sp³-hybridized carbons (Fsp3) is 1.00. The van der Waals surface area contributed by atoms with Gasteiger partial charge in [0.15, 0.2) is 0 Å². The molecular weight excluding hydrogens is 112 g/mol. The zero-order chi connectivity index (χ0) is 6.41. The van der Waals surface area contributed by atoms with Crippen LogP contribution >= 0.6 is 0 Å². The lowest BCUT2D eigenvalue weighted by Crippen LogP contribution is -2.18. The molecule has 0 aromatic heterocycles. The van der Waals surface area contributed by atoms with Gasteiger partial charge < -0.3 is 5.73 Å². The second-order valence-electron chi connectivity index (χ2n) is 2.65. The Morgan fingerprint density at radius 1 is 1.62 bits per heavy atom. The van der Waals surface area contributed by atoms with E-state index in [1.165, 1.54) is 6.92 Å². The maximum Gasteiger partial charge on any atom is 0.255 e. The van der Waals surface area contributed by atoms with Crippen LogP contribution in [0.3, 0.4) is 0 Å². The molecule has 0 radical (unpaired) electrons. The zero-order valence-electron chi connectivity index (χ0n) is 4.75. The summed E-state index contributed by atoms with van der Waals surface area (Å²) in [6.45, 7) is 1.60. The minimum absolute atomic E-state index is 0.0312. The number of rotatable bonds is 1. The third-order valence-electron chi connectivity index (χ3n) is 1.82. The van der Waals surface area contributed by atoms with Gasteiger partial charge in [0, 0.05) is 18.4 Å². The van der Waals surface area contributed by atoms with E-state index in [9.17, 15) is 8.78 Å². The van der Waals surface area contributed by atoms with Gasteiger partial charge in [-0.05, 0) is 0 Å². The molecule has 0 bridgehead atoms. The van der Waals surface area contributed by atoms with Crippen LogP contribution in [-0.2, 0) is 0 Å². The van der Waals surface area contributed by atoms with Gasteiger partial charge in [0.25, 0.3) is 5.92 Å². The predicted molar refractivity (Wildman–Crippen MR) is 26.7 cm³/mol. The standard InChI is InChI=1S/C5H9F2N/c1-4(3-8)2-5(4,6)7/h2-3,8H2,1H3/t4-/m1/s1. The third-order valence-corrected chi connectivity index (χ3v) is 1.82. The summed E-state index contributed by atoms with van der Waals surface area (Å²) in [5.41, 5.74) is 4.20. The smallest absolute Gasteiger partial charge is 0.255 e. The molecular formula is C5H9F2N. The van der Waals surface area contributed by atoms with Crippen molar-refractivity contribution in [3.8, 4) is 0 Å². The van der Waals surface area contributed by atoms with Gasteiger partial charge in [-0.3, -0.25) is 0 Å². The molecule has 0 spiro atoms. The van der Waals surface area contributed by atoms with E-state index in [4.69, 9.17) is 5.73 Å². The summed E-state index contributed by atoms with van der Waals surface area (Å²) >= 11 is 0. The van der Waals surface area contributed by atoms with E-state index in [0.29, 0.717) is 0 Å². The van der Waals surface area contributed by atoms with E-state index in [1.54, 1.807) is 0 Å². The fourth-order valence-electron chi connectivity index (χ4n) is 0.667. The summed E-state index contributed by atoms with van der Waals surface area (Å²) in [4.78, 5) is 0. The monoisotopic (exact) mass is 121 g/mol. The quantitative estimate of drug-likeness (QED) is 0.550. The molecule has 0 aliphatic heterocycles. The summed E-state index contributed by atoms with van der Waals surface area (Å²) in [6, 6.07) is 0. The zero-order valence-corrected chi connectivity index (χ0v) is 4.75. The summed E-state index contributed by atoms with van der Waals surface area (Å²) in [5, 5.41) is 0. The van der Waals surface area contributed by atoms with Crippen molar-refractivity contribution in [3.63, 3.8) is 0 Å². The van der Waals surface area contributed by atoms with Gasteiger partial charge in [-0.25, -0.2) is 8.78 Å². The van der Waals surface area contributed by atoms with Crippen molar-refractivity contribution in [3.05, 3.63) is 0 Å². The first-order valence-electron chi connectivity index (χ1n) is 2.60. The maximum atomic E-state index is 12.1. The first-order valence-corrected chi connectivity index (χ1v) is 2.60. The van der Waals surface area contributed by atoms with Crippen molar-refractivity contribution in [1.29, 1.82) is 0 Å². The molecule has 1 nitrogen and oxygen atoms in total. The Kier molecular flexibility index (Phi) is 0.899. The molecule has 0 amide bonds. The third kappa shape index (κ3) is 0.540. The highest BCUT2D eigenvalue weighted by molar-refractivity contribution is 5.07. The van der Waals surface area contributed by atoms with Gasteiger partial charge in [0.1, 0.15) is 0 Å². The van der Waals surface area contributed by atoms with E-state index < -0.39 is 11.3 Å². The van der Waals surface area contributed by atoms with E-state index >= 15 is 0 Å². The molecule has 0 saturated heterocycles. The Labute approximate surface area is 46.9 Å². The lowest BCUT2D eigenvalue weighted by molar-refractivity contribution is 0.0729. The second kappa shape index (κ2) is 1.21. The molecule has 0 aromatic carbocycles. The molecule has 8 heavy (non-hydrogen) atoms. The van der Waals surface area contributed by atoms with Gasteiger partial charge >= 0.3 is 0 Å². The molecule has 1 fully saturated rings. The largest absolute Gasteiger partial charge is 0.330 e. The number of alkyl halides is 2. The van der Waals surface area contributed by atoms with Gasteiger partial charge in [-0.15, -0.1) is 0 Å². The highest BCUT2D eigenvalue weighted by Crippen LogP contribution is 2.59. The van der Waals surface area contributed by atoms with Crippen molar-refractivity contribution in [1.82, 2.24) is 0 Å². The molecule has 1 saturated carbocycles. The molecule has 1 atom stereocenters. The number of hydrogen-bond donors (Lipinski definition) is 1. The van der Waals surface area contributed by atoms with Crippen LogP contribution in [0.2, 0.25) is 0 Å². The van der Waals surface area contributed by atoms with Crippen molar-refractivity contribution in [2.24, 2.45) is 11.1 Å². The van der Waals surface area contributed by atoms with Crippen LogP contribution in [0.15, 0.2) is 0 Å². The highest BCUT2D eigenvalue weighted by Gasteiger charge is 2.66. The summed E-state index contributed by atoms with van der Waals surface area (Å²) in [7, 11) is 0. The lowest BCUT2D eigenvalue weighted by atomic mass is 10.1. The van der Waals surface area contributed by atoms with E-state index in [0.717, 1.165) is 0 Å². The average Bonchev–Trinajstić information content (AvgIpc) is 2.10. The average molecular weight is 121 g/mol. The van der Waals surface area contributed by atoms with Gasteiger partial charge in [0.2, 0.25) is 0 Å². The topological polar surface area (TPSA) is 26.0 Å². The second-order valence-corrected chi connectivity index (χ2v) is 2.65. The van der Waals surface area contributed by atoms with Crippen LogP contribution in [0.1, 0.15) is 13.3 Å². The fourth-order valence-corrected chi connectivity index (χ4v) is 0.667. The number of halogens is 2. The Bertz CT molecular complexity index is 113. The van der Waals surface area contributed by atoms with Crippen LogP contribution in [0, 0.1) is 5.41 Å². The molecule has 1 rings (SSSR count). The Morgan fingerprint density at radius 3 is 2.00 bits per heavy atom. The van der Waals surface area contributed by atoms with E-state index in [1.807, 2.05) is 0 Å². The molecule has 0 heterocycles. The molecule has 48 valence electrons. The first-order chi connectivity index (χ1) is 3.52. The SMILES string of the molecule is C[C@]1(CN)CC1(F)F. The molecule has 1 aliphatic carbocycles. The molecule has 0 unspecified atom stereocenters. The van der Waals surface area contributed by atoms with Crippen molar-refractivity contribution in [2.75, 3.05) is 6.54 Å². The normalized spacial score (nSPS) is 42.0. The van der Waals surface area contributed by atoms with Crippen LogP contribution in [0.25, 0.3) is 0 Å². The van der Waals surface area contributed by atoms with Crippen molar-refractivity contribution < 1.29 is 8.78 Å². The van der Waals surface area contributed by atoms with Gasteiger partial charge in [0.05, 0.1) is 0 Å². The van der Waals surface area contributed by atoms with Crippen LogP contribution in [0.4, 0.5) is 8.78 Å². The predicted octanol–water partition coefficient (Wildman–Crippen LogP) is 0.990. The molecule has 2 N–H and O–H groups in total. The van der Waals surface area contributed by atoms with Gasteiger partial charge in [-0.2, -0.15) is 0 Å². The minimum Gasteiger partial charge on any atom is -0.330 e. The van der Waals surface area contributed by atoms with Crippen LogP contribution in [-0.4, -0.2) is 12.5 Å². The molecule has 1 aliphatic rings. The van der Waals surface area contributed by atoms with Gasteiger partial charge in [-0.1, -0.05) is 6.92 Å². The summed E-state index contributed by atoms with van der Waals surface area (Å²) < 4.78 is 24.2. The maximum absolute atomic E-state index is 12.1. The Balaban J connectivity index is 2.55. The Hall–Kier alpha value is -0.180. The minimum atomic E-state index is -2.47. The van der Waals surface area contributed by atoms with Crippen molar-refractivity contribution in [2.45, 2.75) is 19.3 Å². The molecule has 3 heteroatoms. The first kappa shape index (κ1) is 5.95. The number of hydrogen-bond acceptors (Lipinski definition) is 1. The lowest BCUT2D eigenvalue weighted by Gasteiger charge is -2.02. The van der Waals surface area contributed by atoms with Crippen LogP contribution in [0.5, 0.6) is 0 Å². The summed E-state index contributed by atoms with van der Waals surface area (Å²) in [6.07, 6.45) is -0.0312. The summed E-state index contributed by atoms with van der Waals surface area (Å²) in [5.74, 6) is -2.47. The molecule has 0 aromatic rings. The highest BCUT2D eigenvalue weighted by atomic mass is 19.3. The number of nitrogens with two attached hydrogens (primary N) is 1. The van der Waals surface area contributed by atoms with E-state index in [-0.39, 0.29) is 13.0 Å².